The summed E-state index contributed by atoms with van der Waals surface area (Å²) in [6, 6.07) is 0.853. The smallest absolute Gasteiger partial charge is 0.479 e. The number of thioether (sulfide) groups is 1. The maximum absolute atomic E-state index is 6.24. The molecule has 0 aromatic heterocycles. The van der Waals surface area contributed by atoms with Gasteiger partial charge in [0.2, 0.25) is 4.38 Å². The first-order valence-electron chi connectivity index (χ1n) is 9.85. The van der Waals surface area contributed by atoms with Crippen molar-refractivity contribution in [1.29, 1.82) is 0 Å². The lowest BCUT2D eigenvalue weighted by molar-refractivity contribution is 0.0562. The van der Waals surface area contributed by atoms with Crippen molar-refractivity contribution in [3.8, 4) is 0 Å². The average Bonchev–Trinajstić information content (AvgIpc) is 2.60. The highest BCUT2D eigenvalue weighted by atomic mass is 32.2. The van der Waals surface area contributed by atoms with Crippen LogP contribution in [-0.2, 0) is 18.0 Å². The maximum atomic E-state index is 6.24. The van der Waals surface area contributed by atoms with E-state index in [0.717, 1.165) is 76.6 Å². The van der Waals surface area contributed by atoms with Crippen LogP contribution >= 0.6 is 24.0 Å². The molecule has 0 aromatic rings. The van der Waals surface area contributed by atoms with Gasteiger partial charge in [0.05, 0.1) is 6.61 Å². The van der Waals surface area contributed by atoms with E-state index in [1.54, 1.807) is 11.8 Å². The summed E-state index contributed by atoms with van der Waals surface area (Å²) < 4.78 is 24.7. The second-order valence-corrected chi connectivity index (χ2v) is 10.4. The second-order valence-electron chi connectivity index (χ2n) is 5.92. The largest absolute Gasteiger partial charge is 0.500 e. The first kappa shape index (κ1) is 25.3. The molecule has 0 bridgehead atoms. The van der Waals surface area contributed by atoms with E-state index in [4.69, 9.17) is 30.2 Å². The van der Waals surface area contributed by atoms with Gasteiger partial charge in [-0.3, -0.25) is 0 Å². The molecule has 0 rings (SSSR count). The van der Waals surface area contributed by atoms with Gasteiger partial charge in [-0.2, -0.15) is 0 Å². The van der Waals surface area contributed by atoms with Crippen molar-refractivity contribution in [2.45, 2.75) is 78.7 Å². The number of ether oxygens (including phenoxy) is 1. The molecule has 0 spiro atoms. The van der Waals surface area contributed by atoms with Crippen LogP contribution in [-0.4, -0.2) is 45.4 Å². The van der Waals surface area contributed by atoms with Gasteiger partial charge in [-0.1, -0.05) is 51.8 Å². The zero-order chi connectivity index (χ0) is 18.8. The van der Waals surface area contributed by atoms with E-state index in [-0.39, 0.29) is 0 Å². The molecule has 0 N–H and O–H groups in total. The quantitative estimate of drug-likeness (QED) is 0.171. The van der Waals surface area contributed by atoms with Gasteiger partial charge in [0.1, 0.15) is 0 Å². The van der Waals surface area contributed by atoms with E-state index in [1.165, 1.54) is 0 Å². The van der Waals surface area contributed by atoms with Crippen LogP contribution < -0.4 is 0 Å². The Bertz CT molecular complexity index is 293. The third kappa shape index (κ3) is 14.1. The fraction of sp³-hybridized carbons (Fsp3) is 0.944. The molecular weight excluding hydrogens is 372 g/mol. The number of rotatable bonds is 17. The Morgan fingerprint density at radius 2 is 1.28 bits per heavy atom. The number of thiocarbonyl (C=S) groups is 1. The van der Waals surface area contributed by atoms with Gasteiger partial charge in [0.25, 0.3) is 0 Å². The molecule has 7 heteroatoms. The van der Waals surface area contributed by atoms with Crippen molar-refractivity contribution >= 4 is 37.2 Å². The van der Waals surface area contributed by atoms with Crippen LogP contribution in [0.15, 0.2) is 0 Å². The molecule has 0 unspecified atom stereocenters. The summed E-state index contributed by atoms with van der Waals surface area (Å²) in [7, 11) is -2.60. The molecule has 0 amide bonds. The van der Waals surface area contributed by atoms with Gasteiger partial charge in [-0.15, -0.1) is 0 Å². The number of unbranched alkanes of at least 4 members (excludes halogenated alkanes) is 3. The first-order chi connectivity index (χ1) is 12.1. The average molecular weight is 411 g/mol. The summed E-state index contributed by atoms with van der Waals surface area (Å²) >= 11 is 6.77. The van der Waals surface area contributed by atoms with Gasteiger partial charge in [-0.25, -0.2) is 0 Å². The number of hydrogen-bond acceptors (Lipinski definition) is 6. The van der Waals surface area contributed by atoms with Crippen molar-refractivity contribution in [2.75, 3.05) is 32.2 Å². The van der Waals surface area contributed by atoms with Crippen LogP contribution in [0.4, 0.5) is 0 Å². The fourth-order valence-corrected chi connectivity index (χ4v) is 6.00. The zero-order valence-corrected chi connectivity index (χ0v) is 19.3. The first-order valence-corrected chi connectivity index (χ1v) is 13.2. The molecule has 0 aliphatic rings. The van der Waals surface area contributed by atoms with Gasteiger partial charge in [0, 0.05) is 31.6 Å². The van der Waals surface area contributed by atoms with E-state index in [2.05, 4.69) is 20.8 Å². The van der Waals surface area contributed by atoms with Crippen molar-refractivity contribution in [1.82, 2.24) is 0 Å². The Hall–Kier alpha value is 0.337. The lowest BCUT2D eigenvalue weighted by Gasteiger charge is -2.30. The summed E-state index contributed by atoms with van der Waals surface area (Å²) in [5, 5.41) is 0. The third-order valence-electron chi connectivity index (χ3n) is 3.57. The Labute approximate surface area is 166 Å². The zero-order valence-electron chi connectivity index (χ0n) is 16.6. The molecule has 0 saturated heterocycles. The monoisotopic (exact) mass is 410 g/mol. The van der Waals surface area contributed by atoms with Gasteiger partial charge in [0.15, 0.2) is 0 Å². The maximum Gasteiger partial charge on any atom is 0.500 e. The highest BCUT2D eigenvalue weighted by Gasteiger charge is 2.40. The molecule has 0 radical (unpaired) electrons. The van der Waals surface area contributed by atoms with Crippen LogP contribution in [0.25, 0.3) is 0 Å². The van der Waals surface area contributed by atoms with E-state index in [0.29, 0.717) is 11.0 Å². The normalized spacial score (nSPS) is 11.7. The molecule has 0 aromatic carbocycles. The van der Waals surface area contributed by atoms with Crippen LogP contribution in [0.1, 0.15) is 72.6 Å². The van der Waals surface area contributed by atoms with Gasteiger partial charge < -0.3 is 18.0 Å². The van der Waals surface area contributed by atoms with Crippen molar-refractivity contribution in [3.63, 3.8) is 0 Å². The van der Waals surface area contributed by atoms with E-state index < -0.39 is 8.80 Å². The third-order valence-corrected chi connectivity index (χ3v) is 7.78. The van der Waals surface area contributed by atoms with Crippen LogP contribution in [0.5, 0.6) is 0 Å². The van der Waals surface area contributed by atoms with Crippen molar-refractivity contribution in [3.05, 3.63) is 0 Å². The van der Waals surface area contributed by atoms with Crippen LogP contribution in [0, 0.1) is 0 Å². The SMILES string of the molecule is CCCCO[Si](CCCSC(=S)OCC)(OCCCC)OCCCC. The second kappa shape index (κ2) is 17.7. The summed E-state index contributed by atoms with van der Waals surface area (Å²) in [6.45, 7) is 11.3. The van der Waals surface area contributed by atoms with Crippen LogP contribution in [0.2, 0.25) is 6.04 Å². The fourth-order valence-electron chi connectivity index (χ4n) is 2.06. The lowest BCUT2D eigenvalue weighted by Crippen LogP contribution is -2.46. The van der Waals surface area contributed by atoms with Crippen molar-refractivity contribution in [2.24, 2.45) is 0 Å². The van der Waals surface area contributed by atoms with Crippen molar-refractivity contribution < 1.29 is 18.0 Å². The number of hydrogen-bond donors (Lipinski definition) is 0. The lowest BCUT2D eigenvalue weighted by atomic mass is 10.4. The molecule has 0 atom stereocenters. The topological polar surface area (TPSA) is 36.9 Å². The molecule has 0 aliphatic carbocycles. The summed E-state index contributed by atoms with van der Waals surface area (Å²) in [4.78, 5) is 0. The predicted molar refractivity (Wildman–Crippen MR) is 114 cm³/mol. The Balaban J connectivity index is 4.60. The molecule has 150 valence electrons. The van der Waals surface area contributed by atoms with E-state index >= 15 is 0 Å². The predicted octanol–water partition coefficient (Wildman–Crippen LogP) is 5.82. The molecule has 0 heterocycles. The standard InChI is InChI=1S/C18H38O4S2Si/c1-5-9-13-20-25(21-14-10-6-2,22-15-11-7-3)17-12-16-24-18(23)19-8-4/h5-17H2,1-4H3. The molecule has 25 heavy (non-hydrogen) atoms. The van der Waals surface area contributed by atoms with Gasteiger partial charge >= 0.3 is 8.80 Å². The molecule has 0 fully saturated rings. The summed E-state index contributed by atoms with van der Waals surface area (Å²) in [6.07, 6.45) is 7.46. The van der Waals surface area contributed by atoms with Gasteiger partial charge in [-0.05, 0) is 44.8 Å². The van der Waals surface area contributed by atoms with Crippen LogP contribution in [0.3, 0.4) is 0 Å². The highest BCUT2D eigenvalue weighted by Crippen LogP contribution is 2.22. The molecule has 4 nitrogen and oxygen atoms in total. The highest BCUT2D eigenvalue weighted by molar-refractivity contribution is 8.22. The molecule has 0 aliphatic heterocycles. The minimum absolute atomic E-state index is 0.625. The Morgan fingerprint density at radius 1 is 0.800 bits per heavy atom. The molecule has 0 saturated carbocycles. The van der Waals surface area contributed by atoms with E-state index in [1.807, 2.05) is 6.92 Å². The Morgan fingerprint density at radius 3 is 1.68 bits per heavy atom. The molecular formula is C18H38O4S2Si. The minimum Gasteiger partial charge on any atom is -0.479 e. The Kier molecular flexibility index (Phi) is 18.0. The van der Waals surface area contributed by atoms with E-state index in [9.17, 15) is 0 Å². The minimum atomic E-state index is -2.60. The summed E-state index contributed by atoms with van der Waals surface area (Å²) in [5.41, 5.74) is 0. The summed E-state index contributed by atoms with van der Waals surface area (Å²) in [5.74, 6) is 0.916.